The maximum absolute atomic E-state index is 12.7. The van der Waals surface area contributed by atoms with E-state index in [0.717, 1.165) is 31.5 Å². The molecule has 0 saturated carbocycles. The van der Waals surface area contributed by atoms with Crippen LogP contribution < -0.4 is 32.3 Å². The van der Waals surface area contributed by atoms with Gasteiger partial charge < -0.3 is 37.4 Å². The number of rotatable bonds is 15. The summed E-state index contributed by atoms with van der Waals surface area (Å²) in [6.07, 6.45) is 4.43. The van der Waals surface area contributed by atoms with Gasteiger partial charge in [0.2, 0.25) is 11.9 Å². The zero-order valence-electron chi connectivity index (χ0n) is 22.7. The summed E-state index contributed by atoms with van der Waals surface area (Å²) in [6.45, 7) is 1.85. The average molecular weight is 553 g/mol. The van der Waals surface area contributed by atoms with Crippen LogP contribution in [0.2, 0.25) is 0 Å². The van der Waals surface area contributed by atoms with Gasteiger partial charge in [0.05, 0.1) is 18.4 Å². The smallest absolute Gasteiger partial charge is 0.326 e. The number of fused-ring (bicyclic) bond motifs is 1. The molecular weight excluding hydrogens is 516 g/mol. The third kappa shape index (κ3) is 8.73. The summed E-state index contributed by atoms with van der Waals surface area (Å²) < 4.78 is 0. The van der Waals surface area contributed by atoms with E-state index in [4.69, 9.17) is 11.5 Å². The van der Waals surface area contributed by atoms with E-state index in [-0.39, 0.29) is 30.5 Å². The minimum atomic E-state index is -1.20. The first-order chi connectivity index (χ1) is 19.2. The summed E-state index contributed by atoms with van der Waals surface area (Å²) in [7, 11) is 3.74. The number of aromatic nitrogens is 4. The van der Waals surface area contributed by atoms with Gasteiger partial charge in [-0.3, -0.25) is 9.59 Å². The molecule has 0 saturated heterocycles. The van der Waals surface area contributed by atoms with Crippen LogP contribution in [0.25, 0.3) is 11.2 Å². The number of nitrogens with one attached hydrogen (secondary N) is 3. The van der Waals surface area contributed by atoms with Gasteiger partial charge >= 0.3 is 5.97 Å². The Hall–Kier alpha value is -4.59. The topological polar surface area (TPSA) is 214 Å². The van der Waals surface area contributed by atoms with E-state index in [0.29, 0.717) is 35.5 Å². The van der Waals surface area contributed by atoms with Gasteiger partial charge in [-0.15, -0.1) is 0 Å². The molecule has 0 bridgehead atoms. The Morgan fingerprint density at radius 3 is 2.45 bits per heavy atom. The standard InChI is InChI=1S/C26H36N10O4/c1-29-12-4-3-5-13-30-20(37)11-10-19(25(39)40)33-24(38)16-6-8-18(9-7-16)36(2)15-17-14-31-23-21(32-17)22(27)34-26(28)35-23/h6-9,14,19,29H,3-5,10-13,15H2,1-2H3,(H,30,37)(H,33,38)(H,39,40)(H4,27,28,31,34,35). The fourth-order valence-corrected chi connectivity index (χ4v) is 3.95. The van der Waals surface area contributed by atoms with E-state index >= 15 is 0 Å². The van der Waals surface area contributed by atoms with Crippen LogP contribution in [0.1, 0.15) is 48.2 Å². The third-order valence-electron chi connectivity index (χ3n) is 6.16. The second-order valence-electron chi connectivity index (χ2n) is 9.32. The maximum atomic E-state index is 12.7. The average Bonchev–Trinajstić information content (AvgIpc) is 2.93. The lowest BCUT2D eigenvalue weighted by Crippen LogP contribution is -2.41. The monoisotopic (exact) mass is 552 g/mol. The molecule has 40 heavy (non-hydrogen) atoms. The molecule has 0 aliphatic carbocycles. The van der Waals surface area contributed by atoms with Crippen molar-refractivity contribution in [1.29, 1.82) is 0 Å². The van der Waals surface area contributed by atoms with E-state index in [2.05, 4.69) is 35.9 Å². The first-order valence-electron chi connectivity index (χ1n) is 13.0. The van der Waals surface area contributed by atoms with Crippen LogP contribution in [0.15, 0.2) is 30.5 Å². The number of hydrogen-bond donors (Lipinski definition) is 6. The van der Waals surface area contributed by atoms with Crippen molar-refractivity contribution < 1.29 is 19.5 Å². The van der Waals surface area contributed by atoms with Crippen molar-refractivity contribution in [2.24, 2.45) is 0 Å². The molecule has 0 aliphatic heterocycles. The molecular formula is C26H36N10O4. The highest BCUT2D eigenvalue weighted by atomic mass is 16.4. The first kappa shape index (κ1) is 30.0. The number of anilines is 3. The second kappa shape index (κ2) is 14.5. The highest BCUT2D eigenvalue weighted by Gasteiger charge is 2.22. The highest BCUT2D eigenvalue weighted by molar-refractivity contribution is 5.97. The lowest BCUT2D eigenvalue weighted by atomic mass is 10.1. The van der Waals surface area contributed by atoms with Crippen molar-refractivity contribution in [3.05, 3.63) is 41.7 Å². The van der Waals surface area contributed by atoms with Crippen molar-refractivity contribution in [3.8, 4) is 0 Å². The van der Waals surface area contributed by atoms with Crippen LogP contribution >= 0.6 is 0 Å². The minimum Gasteiger partial charge on any atom is -0.480 e. The fourth-order valence-electron chi connectivity index (χ4n) is 3.95. The van der Waals surface area contributed by atoms with Crippen molar-refractivity contribution >= 4 is 46.4 Å². The van der Waals surface area contributed by atoms with Crippen LogP contribution in [0.3, 0.4) is 0 Å². The Kier molecular flexibility index (Phi) is 10.9. The largest absolute Gasteiger partial charge is 0.480 e. The van der Waals surface area contributed by atoms with Crippen molar-refractivity contribution in [1.82, 2.24) is 35.9 Å². The number of nitrogens with two attached hydrogens (primary N) is 2. The van der Waals surface area contributed by atoms with Crippen LogP contribution in [-0.4, -0.2) is 76.1 Å². The first-order valence-corrected chi connectivity index (χ1v) is 13.0. The molecule has 0 fully saturated rings. The number of hydrogen-bond acceptors (Lipinski definition) is 11. The summed E-state index contributed by atoms with van der Waals surface area (Å²) in [5.41, 5.74) is 13.9. The Balaban J connectivity index is 1.51. The van der Waals surface area contributed by atoms with E-state index in [1.165, 1.54) is 0 Å². The Bertz CT molecular complexity index is 1320. The van der Waals surface area contributed by atoms with Gasteiger partial charge in [-0.25, -0.2) is 14.8 Å². The molecule has 2 heterocycles. The van der Waals surface area contributed by atoms with Crippen molar-refractivity contribution in [3.63, 3.8) is 0 Å². The SMILES string of the molecule is CNCCCCCNC(=O)CCC(NC(=O)c1ccc(N(C)Cc2cnc3nc(N)nc(N)c3n2)cc1)C(=O)O. The van der Waals surface area contributed by atoms with Crippen LogP contribution in [-0.2, 0) is 16.1 Å². The molecule has 14 heteroatoms. The van der Waals surface area contributed by atoms with Gasteiger partial charge in [-0.05, 0) is 57.1 Å². The maximum Gasteiger partial charge on any atom is 0.326 e. The molecule has 1 aromatic carbocycles. The second-order valence-corrected chi connectivity index (χ2v) is 9.32. The van der Waals surface area contributed by atoms with Crippen LogP contribution in [0.4, 0.5) is 17.5 Å². The Morgan fingerprint density at radius 2 is 1.75 bits per heavy atom. The molecule has 14 nitrogen and oxygen atoms in total. The molecule has 3 rings (SSSR count). The molecule has 2 amide bonds. The van der Waals surface area contributed by atoms with Crippen molar-refractivity contribution in [2.45, 2.75) is 44.7 Å². The quantitative estimate of drug-likeness (QED) is 0.144. The fraction of sp³-hybridized carbons (Fsp3) is 0.423. The molecule has 0 spiro atoms. The van der Waals surface area contributed by atoms with E-state index in [9.17, 15) is 19.5 Å². The summed E-state index contributed by atoms with van der Waals surface area (Å²) in [5.74, 6) is -1.81. The number of nitrogen functional groups attached to an aromatic ring is 2. The number of aliphatic carboxylic acids is 1. The lowest BCUT2D eigenvalue weighted by molar-refractivity contribution is -0.139. The highest BCUT2D eigenvalue weighted by Crippen LogP contribution is 2.19. The van der Waals surface area contributed by atoms with Gasteiger partial charge in [-0.1, -0.05) is 6.42 Å². The molecule has 2 aromatic heterocycles. The number of amides is 2. The predicted octanol–water partition coefficient (Wildman–Crippen LogP) is 0.690. The molecule has 0 aliphatic rings. The Morgan fingerprint density at radius 1 is 1.02 bits per heavy atom. The molecule has 8 N–H and O–H groups in total. The van der Waals surface area contributed by atoms with E-state index in [1.807, 2.05) is 19.0 Å². The molecule has 0 radical (unpaired) electrons. The number of unbranched alkanes of at least 4 members (excludes halogenated alkanes) is 2. The van der Waals surface area contributed by atoms with Gasteiger partial charge in [0.15, 0.2) is 17.0 Å². The van der Waals surface area contributed by atoms with Crippen molar-refractivity contribution in [2.75, 3.05) is 43.6 Å². The summed E-state index contributed by atoms with van der Waals surface area (Å²) >= 11 is 0. The summed E-state index contributed by atoms with van der Waals surface area (Å²) in [4.78, 5) is 55.0. The number of nitrogens with zero attached hydrogens (tertiary/aromatic N) is 5. The predicted molar refractivity (Wildman–Crippen MR) is 151 cm³/mol. The Labute approximate surface area is 232 Å². The normalized spacial score (nSPS) is 11.7. The number of carbonyl (C=O) groups is 3. The number of benzene rings is 1. The van der Waals surface area contributed by atoms with Crippen LogP contribution in [0.5, 0.6) is 0 Å². The van der Waals surface area contributed by atoms with Gasteiger partial charge in [-0.2, -0.15) is 9.97 Å². The molecule has 1 atom stereocenters. The third-order valence-corrected chi connectivity index (χ3v) is 6.16. The summed E-state index contributed by atoms with van der Waals surface area (Å²) in [5, 5.41) is 17.9. The van der Waals surface area contributed by atoms with Gasteiger partial charge in [0.1, 0.15) is 6.04 Å². The number of carboxylic acids is 1. The number of carboxylic acid groups (broad SMARTS) is 1. The van der Waals surface area contributed by atoms with Crippen LogP contribution in [0, 0.1) is 0 Å². The summed E-state index contributed by atoms with van der Waals surface area (Å²) in [6, 6.07) is 5.49. The molecule has 1 unspecified atom stereocenters. The van der Waals surface area contributed by atoms with E-state index in [1.54, 1.807) is 30.5 Å². The lowest BCUT2D eigenvalue weighted by Gasteiger charge is -2.19. The zero-order valence-corrected chi connectivity index (χ0v) is 22.7. The van der Waals surface area contributed by atoms with Gasteiger partial charge in [0.25, 0.3) is 5.91 Å². The minimum absolute atomic E-state index is 0.000316. The molecule has 214 valence electrons. The molecule has 3 aromatic rings. The van der Waals surface area contributed by atoms with E-state index < -0.39 is 17.9 Å². The van der Waals surface area contributed by atoms with Gasteiger partial charge in [0, 0.05) is 31.3 Å². The number of carbonyl (C=O) groups excluding carboxylic acids is 2. The zero-order chi connectivity index (χ0) is 29.1.